The Bertz CT molecular complexity index is 617. The Balaban J connectivity index is 1.95. The van der Waals surface area contributed by atoms with Crippen molar-refractivity contribution in [3.05, 3.63) is 47.3 Å². The zero-order valence-electron chi connectivity index (χ0n) is 12.6. The molecule has 0 aliphatic carbocycles. The van der Waals surface area contributed by atoms with E-state index in [2.05, 4.69) is 29.6 Å². The minimum absolute atomic E-state index is 0.201. The minimum atomic E-state index is -0.555. The summed E-state index contributed by atoms with van der Waals surface area (Å²) in [6.07, 6.45) is 1.88. The lowest BCUT2D eigenvalue weighted by Crippen LogP contribution is -2.20. The molecule has 4 N–H and O–H groups in total. The number of benzene rings is 1. The van der Waals surface area contributed by atoms with Crippen LogP contribution in [0.2, 0.25) is 0 Å². The van der Waals surface area contributed by atoms with Crippen molar-refractivity contribution in [2.24, 2.45) is 12.8 Å². The maximum Gasteiger partial charge on any atom is 0.316 e. The van der Waals surface area contributed by atoms with Crippen LogP contribution in [0.3, 0.4) is 0 Å². The number of carbonyl (C=O) groups is 1. The molecule has 21 heavy (non-hydrogen) atoms. The molecular weight excluding hydrogens is 266 g/mol. The Hall–Kier alpha value is -2.34. The van der Waals surface area contributed by atoms with Gasteiger partial charge >= 0.3 is 6.03 Å². The second kappa shape index (κ2) is 6.41. The van der Waals surface area contributed by atoms with Gasteiger partial charge < -0.3 is 16.4 Å². The van der Waals surface area contributed by atoms with Gasteiger partial charge in [-0.05, 0) is 31.5 Å². The molecule has 0 bridgehead atoms. The Morgan fingerprint density at radius 3 is 2.57 bits per heavy atom. The van der Waals surface area contributed by atoms with E-state index in [1.165, 1.54) is 5.56 Å². The second-order valence-corrected chi connectivity index (χ2v) is 5.09. The van der Waals surface area contributed by atoms with E-state index in [1.54, 1.807) is 0 Å². The van der Waals surface area contributed by atoms with Gasteiger partial charge in [0.1, 0.15) is 0 Å². The van der Waals surface area contributed by atoms with Crippen molar-refractivity contribution in [3.8, 4) is 0 Å². The highest BCUT2D eigenvalue weighted by Crippen LogP contribution is 2.17. The second-order valence-electron chi connectivity index (χ2n) is 5.09. The van der Waals surface area contributed by atoms with E-state index in [4.69, 9.17) is 5.73 Å². The lowest BCUT2D eigenvalue weighted by Gasteiger charge is -2.14. The molecule has 1 heterocycles. The highest BCUT2D eigenvalue weighted by Gasteiger charge is 2.08. The fraction of sp³-hybridized carbons (Fsp3) is 0.333. The third-order valence-corrected chi connectivity index (χ3v) is 3.61. The maximum absolute atomic E-state index is 10.8. The first-order chi connectivity index (χ1) is 9.97. The number of aromatic nitrogens is 2. The highest BCUT2D eigenvalue weighted by molar-refractivity contribution is 5.87. The predicted molar refractivity (Wildman–Crippen MR) is 82.8 cm³/mol. The Kier molecular flexibility index (Phi) is 4.59. The molecule has 0 radical (unpaired) electrons. The largest absolute Gasteiger partial charge is 0.351 e. The van der Waals surface area contributed by atoms with Gasteiger partial charge in [0.15, 0.2) is 0 Å². The summed E-state index contributed by atoms with van der Waals surface area (Å²) in [4.78, 5) is 10.8. The molecule has 0 aliphatic rings. The third-order valence-electron chi connectivity index (χ3n) is 3.61. The zero-order chi connectivity index (χ0) is 15.4. The molecule has 2 rings (SSSR count). The Labute approximate surface area is 124 Å². The zero-order valence-corrected chi connectivity index (χ0v) is 12.6. The minimum Gasteiger partial charge on any atom is -0.351 e. The normalized spacial score (nSPS) is 12.1. The van der Waals surface area contributed by atoms with Crippen LogP contribution < -0.4 is 16.4 Å². The average molecular weight is 287 g/mol. The molecule has 0 saturated carbocycles. The molecule has 6 heteroatoms. The molecule has 2 aromatic rings. The van der Waals surface area contributed by atoms with E-state index in [0.29, 0.717) is 5.69 Å². The summed E-state index contributed by atoms with van der Waals surface area (Å²) in [6, 6.07) is 7.27. The van der Waals surface area contributed by atoms with Gasteiger partial charge in [-0.15, -0.1) is 0 Å². The molecule has 6 nitrogen and oxygen atoms in total. The summed E-state index contributed by atoms with van der Waals surface area (Å²) in [5.41, 5.74) is 9.27. The lowest BCUT2D eigenvalue weighted by atomic mass is 10.1. The molecule has 2 amide bonds. The van der Waals surface area contributed by atoms with Crippen LogP contribution in [-0.4, -0.2) is 15.8 Å². The van der Waals surface area contributed by atoms with Crippen molar-refractivity contribution in [1.29, 1.82) is 0 Å². The summed E-state index contributed by atoms with van der Waals surface area (Å²) in [6.45, 7) is 4.92. The number of urea groups is 1. The van der Waals surface area contributed by atoms with Crippen molar-refractivity contribution >= 4 is 11.7 Å². The van der Waals surface area contributed by atoms with Gasteiger partial charge in [0, 0.05) is 36.6 Å². The van der Waals surface area contributed by atoms with Crippen molar-refractivity contribution in [1.82, 2.24) is 15.1 Å². The first kappa shape index (κ1) is 15.1. The summed E-state index contributed by atoms with van der Waals surface area (Å²) >= 11 is 0. The van der Waals surface area contributed by atoms with Crippen molar-refractivity contribution in [3.63, 3.8) is 0 Å². The number of amides is 2. The predicted octanol–water partition coefficient (Wildman–Crippen LogP) is 2.07. The number of anilines is 1. The molecule has 1 aromatic heterocycles. The highest BCUT2D eigenvalue weighted by atomic mass is 16.2. The van der Waals surface area contributed by atoms with Crippen LogP contribution in [0.5, 0.6) is 0 Å². The quantitative estimate of drug-likeness (QED) is 0.787. The van der Waals surface area contributed by atoms with Crippen LogP contribution in [0.4, 0.5) is 10.5 Å². The number of carbonyl (C=O) groups excluding carboxylic acids is 1. The summed E-state index contributed by atoms with van der Waals surface area (Å²) in [5, 5.41) is 10.2. The van der Waals surface area contributed by atoms with Crippen molar-refractivity contribution in [2.75, 3.05) is 5.32 Å². The number of rotatable bonds is 5. The van der Waals surface area contributed by atoms with Gasteiger partial charge in [0.2, 0.25) is 0 Å². The standard InChI is InChI=1S/C15H21N5O/c1-10(17-8-13-9-18-20(3)11(13)2)12-4-6-14(7-5-12)19-15(16)21/h4-7,9-10,17H,8H2,1-3H3,(H3,16,19,21). The van der Waals surface area contributed by atoms with E-state index in [9.17, 15) is 4.79 Å². The Morgan fingerprint density at radius 1 is 1.38 bits per heavy atom. The number of primary amides is 1. The molecule has 112 valence electrons. The summed E-state index contributed by atoms with van der Waals surface area (Å²) in [7, 11) is 1.94. The van der Waals surface area contributed by atoms with Crippen LogP contribution in [0.25, 0.3) is 0 Å². The van der Waals surface area contributed by atoms with Gasteiger partial charge in [0.25, 0.3) is 0 Å². The molecule has 1 unspecified atom stereocenters. The van der Waals surface area contributed by atoms with E-state index in [1.807, 2.05) is 42.2 Å². The van der Waals surface area contributed by atoms with E-state index < -0.39 is 6.03 Å². The van der Waals surface area contributed by atoms with Gasteiger partial charge in [-0.1, -0.05) is 12.1 Å². The van der Waals surface area contributed by atoms with Crippen LogP contribution in [0, 0.1) is 6.92 Å². The molecular formula is C15H21N5O. The lowest BCUT2D eigenvalue weighted by molar-refractivity contribution is 0.259. The van der Waals surface area contributed by atoms with E-state index in [-0.39, 0.29) is 6.04 Å². The number of hydrogen-bond donors (Lipinski definition) is 3. The fourth-order valence-electron chi connectivity index (χ4n) is 2.10. The van der Waals surface area contributed by atoms with Crippen LogP contribution in [-0.2, 0) is 13.6 Å². The summed E-state index contributed by atoms with van der Waals surface area (Å²) < 4.78 is 1.87. The SMILES string of the molecule is Cc1c(CNC(C)c2ccc(NC(N)=O)cc2)cnn1C. The molecule has 0 fully saturated rings. The smallest absolute Gasteiger partial charge is 0.316 e. The van der Waals surface area contributed by atoms with E-state index in [0.717, 1.165) is 17.8 Å². The number of hydrogen-bond acceptors (Lipinski definition) is 3. The van der Waals surface area contributed by atoms with Crippen LogP contribution in [0.1, 0.15) is 29.8 Å². The number of nitrogens with one attached hydrogen (secondary N) is 2. The molecule has 1 atom stereocenters. The van der Waals surface area contributed by atoms with Gasteiger partial charge in [-0.25, -0.2) is 4.79 Å². The molecule has 0 spiro atoms. The van der Waals surface area contributed by atoms with Gasteiger partial charge in [-0.2, -0.15) is 5.10 Å². The van der Waals surface area contributed by atoms with Gasteiger partial charge in [-0.3, -0.25) is 4.68 Å². The third kappa shape index (κ3) is 3.82. The molecule has 1 aromatic carbocycles. The van der Waals surface area contributed by atoms with Crippen LogP contribution in [0.15, 0.2) is 30.5 Å². The molecule has 0 saturated heterocycles. The molecule has 0 aliphatic heterocycles. The summed E-state index contributed by atoms with van der Waals surface area (Å²) in [5.74, 6) is 0. The Morgan fingerprint density at radius 2 is 2.05 bits per heavy atom. The van der Waals surface area contributed by atoms with Crippen molar-refractivity contribution < 1.29 is 4.79 Å². The number of aryl methyl sites for hydroxylation is 1. The average Bonchev–Trinajstić information content (AvgIpc) is 2.76. The number of nitrogens with two attached hydrogens (primary N) is 1. The van der Waals surface area contributed by atoms with Crippen molar-refractivity contribution in [2.45, 2.75) is 26.4 Å². The van der Waals surface area contributed by atoms with Gasteiger partial charge in [0.05, 0.1) is 6.20 Å². The monoisotopic (exact) mass is 287 g/mol. The van der Waals surface area contributed by atoms with E-state index >= 15 is 0 Å². The first-order valence-corrected chi connectivity index (χ1v) is 6.84. The van der Waals surface area contributed by atoms with Crippen LogP contribution >= 0.6 is 0 Å². The topological polar surface area (TPSA) is 85.0 Å². The number of nitrogens with zero attached hydrogens (tertiary/aromatic N) is 2. The fourth-order valence-corrected chi connectivity index (χ4v) is 2.10. The maximum atomic E-state index is 10.8. The first-order valence-electron chi connectivity index (χ1n) is 6.84.